The van der Waals surface area contributed by atoms with Crippen molar-refractivity contribution in [3.8, 4) is 0 Å². The van der Waals surface area contributed by atoms with Crippen molar-refractivity contribution in [2.45, 2.75) is 32.2 Å². The first-order valence-electron chi connectivity index (χ1n) is 6.39. The molecule has 1 saturated carbocycles. The standard InChI is InChI=1S/C12H21N3O2/c1-9(16)14-5-7-15(8-6-14)12(17)10-3-2-4-11(10)13/h10-11H,2-8,13H2,1H3. The van der Waals surface area contributed by atoms with Gasteiger partial charge in [0.05, 0.1) is 5.92 Å². The van der Waals surface area contributed by atoms with E-state index in [1.54, 1.807) is 11.8 Å². The number of nitrogens with two attached hydrogens (primary N) is 1. The first-order chi connectivity index (χ1) is 8.09. The molecule has 0 radical (unpaired) electrons. The molecule has 1 aliphatic carbocycles. The van der Waals surface area contributed by atoms with Crippen LogP contribution in [0.5, 0.6) is 0 Å². The van der Waals surface area contributed by atoms with Gasteiger partial charge in [0.1, 0.15) is 0 Å². The van der Waals surface area contributed by atoms with Gasteiger partial charge in [-0.2, -0.15) is 0 Å². The highest BCUT2D eigenvalue weighted by Gasteiger charge is 2.34. The van der Waals surface area contributed by atoms with Gasteiger partial charge in [-0.1, -0.05) is 6.42 Å². The van der Waals surface area contributed by atoms with Gasteiger partial charge in [-0.25, -0.2) is 0 Å². The van der Waals surface area contributed by atoms with E-state index in [9.17, 15) is 9.59 Å². The molecule has 0 bridgehead atoms. The first-order valence-corrected chi connectivity index (χ1v) is 6.39. The van der Waals surface area contributed by atoms with Gasteiger partial charge in [0.15, 0.2) is 0 Å². The molecule has 2 aliphatic rings. The van der Waals surface area contributed by atoms with Crippen molar-refractivity contribution in [2.24, 2.45) is 11.7 Å². The van der Waals surface area contributed by atoms with Crippen LogP contribution in [0.15, 0.2) is 0 Å². The lowest BCUT2D eigenvalue weighted by molar-refractivity contribution is -0.141. The fraction of sp³-hybridized carbons (Fsp3) is 0.833. The summed E-state index contributed by atoms with van der Waals surface area (Å²) in [6.07, 6.45) is 2.95. The van der Waals surface area contributed by atoms with Crippen LogP contribution in [0, 0.1) is 5.92 Å². The van der Waals surface area contributed by atoms with Gasteiger partial charge in [0.25, 0.3) is 0 Å². The van der Waals surface area contributed by atoms with Crippen molar-refractivity contribution in [3.05, 3.63) is 0 Å². The summed E-state index contributed by atoms with van der Waals surface area (Å²) in [5.41, 5.74) is 5.95. The van der Waals surface area contributed by atoms with Crippen LogP contribution in [0.25, 0.3) is 0 Å². The molecule has 2 unspecified atom stereocenters. The van der Waals surface area contributed by atoms with E-state index in [0.29, 0.717) is 26.2 Å². The molecule has 5 nitrogen and oxygen atoms in total. The number of rotatable bonds is 1. The molecule has 0 aromatic rings. The maximum absolute atomic E-state index is 12.2. The number of hydrogen-bond donors (Lipinski definition) is 1. The topological polar surface area (TPSA) is 66.6 Å². The van der Waals surface area contributed by atoms with Crippen molar-refractivity contribution in [2.75, 3.05) is 26.2 Å². The molecule has 1 heterocycles. The van der Waals surface area contributed by atoms with E-state index in [1.807, 2.05) is 4.90 Å². The van der Waals surface area contributed by atoms with E-state index >= 15 is 0 Å². The molecule has 1 saturated heterocycles. The van der Waals surface area contributed by atoms with E-state index in [1.165, 1.54) is 0 Å². The van der Waals surface area contributed by atoms with Crippen molar-refractivity contribution in [3.63, 3.8) is 0 Å². The van der Waals surface area contributed by atoms with Crippen LogP contribution in [0.3, 0.4) is 0 Å². The summed E-state index contributed by atoms with van der Waals surface area (Å²) in [7, 11) is 0. The average Bonchev–Trinajstić information content (AvgIpc) is 2.74. The Labute approximate surface area is 102 Å². The van der Waals surface area contributed by atoms with Gasteiger partial charge in [0.2, 0.25) is 11.8 Å². The molecule has 17 heavy (non-hydrogen) atoms. The van der Waals surface area contributed by atoms with Crippen molar-refractivity contribution < 1.29 is 9.59 Å². The van der Waals surface area contributed by atoms with Crippen molar-refractivity contribution in [1.29, 1.82) is 0 Å². The first kappa shape index (κ1) is 12.4. The largest absolute Gasteiger partial charge is 0.339 e. The SMILES string of the molecule is CC(=O)N1CCN(C(=O)C2CCCC2N)CC1. The molecule has 5 heteroatoms. The Balaban J connectivity index is 1.88. The quantitative estimate of drug-likeness (QED) is 0.689. The Hall–Kier alpha value is -1.10. The Morgan fingerprint density at radius 2 is 1.65 bits per heavy atom. The minimum absolute atomic E-state index is 0.0129. The number of hydrogen-bond acceptors (Lipinski definition) is 3. The monoisotopic (exact) mass is 239 g/mol. The van der Waals surface area contributed by atoms with Crippen LogP contribution >= 0.6 is 0 Å². The second kappa shape index (κ2) is 5.04. The molecule has 96 valence electrons. The van der Waals surface area contributed by atoms with Crippen LogP contribution < -0.4 is 5.73 Å². The lowest BCUT2D eigenvalue weighted by Crippen LogP contribution is -2.52. The zero-order valence-corrected chi connectivity index (χ0v) is 10.4. The van der Waals surface area contributed by atoms with Crippen molar-refractivity contribution in [1.82, 2.24) is 9.80 Å². The van der Waals surface area contributed by atoms with Crippen LogP contribution in [0.4, 0.5) is 0 Å². The highest BCUT2D eigenvalue weighted by molar-refractivity contribution is 5.80. The average molecular weight is 239 g/mol. The summed E-state index contributed by atoms with van der Waals surface area (Å²) in [5.74, 6) is 0.298. The summed E-state index contributed by atoms with van der Waals surface area (Å²) in [5, 5.41) is 0. The van der Waals surface area contributed by atoms with Gasteiger partial charge in [0, 0.05) is 39.1 Å². The molecule has 2 fully saturated rings. The summed E-state index contributed by atoms with van der Waals surface area (Å²) >= 11 is 0. The highest BCUT2D eigenvalue weighted by Crippen LogP contribution is 2.26. The third-order valence-corrected chi connectivity index (χ3v) is 3.92. The molecule has 2 N–H and O–H groups in total. The van der Waals surface area contributed by atoms with Crippen LogP contribution in [0.2, 0.25) is 0 Å². The van der Waals surface area contributed by atoms with E-state index < -0.39 is 0 Å². The lowest BCUT2D eigenvalue weighted by Gasteiger charge is -2.36. The van der Waals surface area contributed by atoms with E-state index in [2.05, 4.69) is 0 Å². The molecular weight excluding hydrogens is 218 g/mol. The molecule has 2 atom stereocenters. The van der Waals surface area contributed by atoms with Gasteiger partial charge >= 0.3 is 0 Å². The number of carbonyl (C=O) groups is 2. The lowest BCUT2D eigenvalue weighted by atomic mass is 10.0. The normalized spacial score (nSPS) is 29.5. The number of nitrogens with zero attached hydrogens (tertiary/aromatic N) is 2. The van der Waals surface area contributed by atoms with E-state index in [4.69, 9.17) is 5.73 Å². The Kier molecular flexibility index (Phi) is 3.66. The molecule has 0 aromatic heterocycles. The van der Waals surface area contributed by atoms with Gasteiger partial charge in [-0.15, -0.1) is 0 Å². The minimum Gasteiger partial charge on any atom is -0.339 e. The highest BCUT2D eigenvalue weighted by atomic mass is 16.2. The molecule has 2 amide bonds. The second-order valence-corrected chi connectivity index (χ2v) is 5.03. The third-order valence-electron chi connectivity index (χ3n) is 3.92. The molecule has 0 spiro atoms. The molecule has 1 aliphatic heterocycles. The fourth-order valence-corrected chi connectivity index (χ4v) is 2.77. The number of amides is 2. The second-order valence-electron chi connectivity index (χ2n) is 5.03. The molecule has 0 aromatic carbocycles. The summed E-state index contributed by atoms with van der Waals surface area (Å²) in [4.78, 5) is 27.1. The van der Waals surface area contributed by atoms with Gasteiger partial charge in [-0.3, -0.25) is 9.59 Å². The zero-order chi connectivity index (χ0) is 12.4. The fourth-order valence-electron chi connectivity index (χ4n) is 2.77. The Morgan fingerprint density at radius 1 is 1.06 bits per heavy atom. The summed E-state index contributed by atoms with van der Waals surface area (Å²) < 4.78 is 0. The zero-order valence-electron chi connectivity index (χ0n) is 10.4. The maximum Gasteiger partial charge on any atom is 0.227 e. The maximum atomic E-state index is 12.2. The predicted molar refractivity (Wildman–Crippen MR) is 64.2 cm³/mol. The summed E-state index contributed by atoms with van der Waals surface area (Å²) in [6, 6.07) is 0.0355. The predicted octanol–water partition coefficient (Wildman–Crippen LogP) is -0.195. The van der Waals surface area contributed by atoms with Crippen LogP contribution in [-0.4, -0.2) is 53.8 Å². The van der Waals surface area contributed by atoms with Crippen LogP contribution in [-0.2, 0) is 9.59 Å². The smallest absolute Gasteiger partial charge is 0.227 e. The Bertz CT molecular complexity index is 311. The van der Waals surface area contributed by atoms with Crippen molar-refractivity contribution >= 4 is 11.8 Å². The van der Waals surface area contributed by atoms with Gasteiger partial charge in [-0.05, 0) is 12.8 Å². The van der Waals surface area contributed by atoms with Gasteiger partial charge < -0.3 is 15.5 Å². The van der Waals surface area contributed by atoms with Crippen LogP contribution in [0.1, 0.15) is 26.2 Å². The number of piperazine rings is 1. The summed E-state index contributed by atoms with van der Waals surface area (Å²) in [6.45, 7) is 4.19. The van der Waals surface area contributed by atoms with E-state index in [0.717, 1.165) is 19.3 Å². The van der Waals surface area contributed by atoms with E-state index in [-0.39, 0.29) is 23.8 Å². The third kappa shape index (κ3) is 2.60. The minimum atomic E-state index is 0.0129. The number of carbonyl (C=O) groups excluding carboxylic acids is 2. The molecular formula is C12H21N3O2. The Morgan fingerprint density at radius 3 is 2.12 bits per heavy atom. The molecule has 2 rings (SSSR count).